The third-order valence-corrected chi connectivity index (χ3v) is 3.67. The van der Waals surface area contributed by atoms with Gasteiger partial charge in [0.2, 0.25) is 0 Å². The first-order chi connectivity index (χ1) is 8.18. The fourth-order valence-corrected chi connectivity index (χ4v) is 2.79. The quantitative estimate of drug-likeness (QED) is 0.715. The van der Waals surface area contributed by atoms with Crippen LogP contribution in [0.25, 0.3) is 21.3 Å². The number of hydrogen-bond donors (Lipinski definition) is 1. The van der Waals surface area contributed by atoms with E-state index < -0.39 is 0 Å². The van der Waals surface area contributed by atoms with Gasteiger partial charge in [-0.25, -0.2) is 9.37 Å². The third kappa shape index (κ3) is 1.46. The average molecular weight is 247 g/mol. The van der Waals surface area contributed by atoms with Crippen molar-refractivity contribution in [1.29, 1.82) is 0 Å². The van der Waals surface area contributed by atoms with Crippen molar-refractivity contribution in [2.24, 2.45) is 0 Å². The molecule has 1 N–H and O–H groups in total. The van der Waals surface area contributed by atoms with E-state index in [-0.39, 0.29) is 5.82 Å². The van der Waals surface area contributed by atoms with E-state index in [1.54, 1.807) is 11.6 Å². The second-order valence-electron chi connectivity index (χ2n) is 3.93. The lowest BCUT2D eigenvalue weighted by atomic mass is 10.0. The second-order valence-corrected chi connectivity index (χ2v) is 4.79. The number of aromatic nitrogens is 3. The Morgan fingerprint density at radius 2 is 2.12 bits per heavy atom. The molecule has 0 fully saturated rings. The molecule has 0 amide bonds. The van der Waals surface area contributed by atoms with E-state index in [9.17, 15) is 4.39 Å². The lowest BCUT2D eigenvalue weighted by molar-refractivity contribution is 0.641. The minimum Gasteiger partial charge on any atom is -0.282 e. The number of benzene rings is 1. The lowest BCUT2D eigenvalue weighted by Gasteiger charge is -2.03. The van der Waals surface area contributed by atoms with Gasteiger partial charge in [0.05, 0.1) is 21.4 Å². The maximum absolute atomic E-state index is 13.6. The molecule has 0 aliphatic rings. The molecule has 0 radical (unpaired) electrons. The van der Waals surface area contributed by atoms with E-state index in [0.29, 0.717) is 10.2 Å². The molecule has 3 nitrogen and oxygen atoms in total. The smallest absolute Gasteiger partial charge is 0.142 e. The van der Waals surface area contributed by atoms with Crippen molar-refractivity contribution in [2.75, 3.05) is 0 Å². The summed E-state index contributed by atoms with van der Waals surface area (Å²) < 4.78 is 14.2. The maximum atomic E-state index is 13.6. The number of fused-ring (bicyclic) bond motifs is 1. The zero-order valence-electron chi connectivity index (χ0n) is 9.41. The molecule has 3 rings (SSSR count). The molecule has 0 aliphatic carbocycles. The van der Waals surface area contributed by atoms with Gasteiger partial charge in [-0.2, -0.15) is 5.10 Å². The number of thiazole rings is 1. The molecule has 0 unspecified atom stereocenters. The van der Waals surface area contributed by atoms with Crippen molar-refractivity contribution in [3.05, 3.63) is 34.8 Å². The molecule has 17 heavy (non-hydrogen) atoms. The van der Waals surface area contributed by atoms with E-state index in [0.717, 1.165) is 22.5 Å². The van der Waals surface area contributed by atoms with Crippen LogP contribution in [0.3, 0.4) is 0 Å². The normalized spacial score (nSPS) is 11.2. The third-order valence-electron chi connectivity index (χ3n) is 2.83. The molecule has 0 saturated carbocycles. The number of halogens is 1. The van der Waals surface area contributed by atoms with Gasteiger partial charge in [-0.3, -0.25) is 5.10 Å². The Balaban J connectivity index is 2.39. The highest BCUT2D eigenvalue weighted by Crippen LogP contribution is 2.34. The minimum absolute atomic E-state index is 0.218. The van der Waals surface area contributed by atoms with Gasteiger partial charge in [-0.05, 0) is 26.0 Å². The molecule has 3 aromatic rings. The average Bonchev–Trinajstić information content (AvgIpc) is 2.89. The molecule has 0 saturated heterocycles. The summed E-state index contributed by atoms with van der Waals surface area (Å²) in [5.74, 6) is -0.218. The molecule has 0 aliphatic heterocycles. The molecule has 0 atom stereocenters. The first kappa shape index (κ1) is 10.4. The van der Waals surface area contributed by atoms with Gasteiger partial charge >= 0.3 is 0 Å². The number of rotatable bonds is 1. The summed E-state index contributed by atoms with van der Waals surface area (Å²) in [6.45, 7) is 3.89. The summed E-state index contributed by atoms with van der Waals surface area (Å²) in [5.41, 5.74) is 6.21. The van der Waals surface area contributed by atoms with E-state index in [1.807, 2.05) is 13.8 Å². The van der Waals surface area contributed by atoms with E-state index >= 15 is 0 Å². The van der Waals surface area contributed by atoms with Crippen molar-refractivity contribution < 1.29 is 4.39 Å². The van der Waals surface area contributed by atoms with Crippen molar-refractivity contribution in [3.63, 3.8) is 0 Å². The fourth-order valence-electron chi connectivity index (χ4n) is 2.07. The van der Waals surface area contributed by atoms with Crippen LogP contribution in [0.4, 0.5) is 4.39 Å². The van der Waals surface area contributed by atoms with Crippen LogP contribution in [0.2, 0.25) is 0 Å². The van der Waals surface area contributed by atoms with Gasteiger partial charge in [-0.1, -0.05) is 0 Å². The first-order valence-electron chi connectivity index (χ1n) is 5.22. The summed E-state index contributed by atoms with van der Waals surface area (Å²) in [5, 5.41) is 7.10. The molecule has 2 aromatic heterocycles. The maximum Gasteiger partial charge on any atom is 0.142 e. The number of hydrogen-bond acceptors (Lipinski definition) is 3. The lowest BCUT2D eigenvalue weighted by Crippen LogP contribution is -1.86. The molecule has 0 bridgehead atoms. The fraction of sp³-hybridized carbons (Fsp3) is 0.167. The summed E-state index contributed by atoms with van der Waals surface area (Å²) in [7, 11) is 0. The number of aromatic amines is 1. The van der Waals surface area contributed by atoms with Crippen LogP contribution in [0, 0.1) is 19.7 Å². The van der Waals surface area contributed by atoms with Gasteiger partial charge in [0.15, 0.2) is 0 Å². The molecular formula is C12H10FN3S. The summed E-state index contributed by atoms with van der Waals surface area (Å²) in [4.78, 5) is 4.25. The number of aryl methyl sites for hydroxylation is 2. The van der Waals surface area contributed by atoms with Crippen LogP contribution in [0.15, 0.2) is 17.6 Å². The molecule has 2 heterocycles. The Labute approximate surface area is 101 Å². The SMILES string of the molecule is Cc1n[nH]c(C)c1-c1ccc(F)c2scnc12. The van der Waals surface area contributed by atoms with Crippen molar-refractivity contribution in [2.45, 2.75) is 13.8 Å². The highest BCUT2D eigenvalue weighted by atomic mass is 32.1. The van der Waals surface area contributed by atoms with Crippen LogP contribution >= 0.6 is 11.3 Å². The Morgan fingerprint density at radius 3 is 2.82 bits per heavy atom. The molecular weight excluding hydrogens is 237 g/mol. The van der Waals surface area contributed by atoms with Crippen molar-refractivity contribution in [1.82, 2.24) is 15.2 Å². The van der Waals surface area contributed by atoms with Crippen LogP contribution < -0.4 is 0 Å². The van der Waals surface area contributed by atoms with Crippen LogP contribution in [0.5, 0.6) is 0 Å². The standard InChI is InChI=1S/C12H10FN3S/c1-6-10(7(2)16-15-6)8-3-4-9(13)12-11(8)14-5-17-12/h3-5H,1-2H3,(H,15,16). The second kappa shape index (κ2) is 3.63. The largest absolute Gasteiger partial charge is 0.282 e. The van der Waals surface area contributed by atoms with Crippen LogP contribution in [-0.4, -0.2) is 15.2 Å². The number of H-pyrrole nitrogens is 1. The topological polar surface area (TPSA) is 41.6 Å². The summed E-state index contributed by atoms with van der Waals surface area (Å²) in [6, 6.07) is 3.25. The van der Waals surface area contributed by atoms with Gasteiger partial charge in [0.1, 0.15) is 5.82 Å². The highest BCUT2D eigenvalue weighted by molar-refractivity contribution is 7.16. The van der Waals surface area contributed by atoms with Crippen LogP contribution in [-0.2, 0) is 0 Å². The minimum atomic E-state index is -0.218. The van der Waals surface area contributed by atoms with Crippen molar-refractivity contribution >= 4 is 21.6 Å². The molecule has 5 heteroatoms. The van der Waals surface area contributed by atoms with E-state index in [2.05, 4.69) is 15.2 Å². The van der Waals surface area contributed by atoms with Crippen molar-refractivity contribution in [3.8, 4) is 11.1 Å². The summed E-state index contributed by atoms with van der Waals surface area (Å²) in [6.07, 6.45) is 0. The predicted octanol–water partition coefficient (Wildman–Crippen LogP) is 3.44. The van der Waals surface area contributed by atoms with Gasteiger partial charge < -0.3 is 0 Å². The molecule has 86 valence electrons. The zero-order chi connectivity index (χ0) is 12.0. The molecule has 0 spiro atoms. The van der Waals surface area contributed by atoms with E-state index in [1.165, 1.54) is 17.4 Å². The van der Waals surface area contributed by atoms with Crippen LogP contribution in [0.1, 0.15) is 11.4 Å². The first-order valence-corrected chi connectivity index (χ1v) is 6.10. The highest BCUT2D eigenvalue weighted by Gasteiger charge is 2.15. The molecule has 1 aromatic carbocycles. The van der Waals surface area contributed by atoms with Gasteiger partial charge in [0, 0.05) is 16.8 Å². The zero-order valence-corrected chi connectivity index (χ0v) is 10.2. The Bertz CT molecular complexity index is 679. The monoisotopic (exact) mass is 247 g/mol. The predicted molar refractivity (Wildman–Crippen MR) is 66.6 cm³/mol. The van der Waals surface area contributed by atoms with E-state index in [4.69, 9.17) is 0 Å². The van der Waals surface area contributed by atoms with Gasteiger partial charge in [-0.15, -0.1) is 11.3 Å². The number of nitrogens with zero attached hydrogens (tertiary/aromatic N) is 2. The van der Waals surface area contributed by atoms with Gasteiger partial charge in [0.25, 0.3) is 0 Å². The Morgan fingerprint density at radius 1 is 1.29 bits per heavy atom. The Kier molecular flexibility index (Phi) is 2.22. The Hall–Kier alpha value is -1.75. The number of nitrogens with one attached hydrogen (secondary N) is 1. The summed E-state index contributed by atoms with van der Waals surface area (Å²) >= 11 is 1.32.